The summed E-state index contributed by atoms with van der Waals surface area (Å²) in [5.41, 5.74) is 3.49. The van der Waals surface area contributed by atoms with Gasteiger partial charge in [-0.25, -0.2) is 4.57 Å². The number of nitrogens with zero attached hydrogens (tertiary/aromatic N) is 2. The minimum atomic E-state index is -0.263. The summed E-state index contributed by atoms with van der Waals surface area (Å²) >= 11 is 0. The van der Waals surface area contributed by atoms with Gasteiger partial charge in [-0.1, -0.05) is 18.2 Å². The summed E-state index contributed by atoms with van der Waals surface area (Å²) in [6.45, 7) is 1.36. The van der Waals surface area contributed by atoms with E-state index in [2.05, 4.69) is 59.1 Å². The van der Waals surface area contributed by atoms with E-state index in [0.717, 1.165) is 5.56 Å². The molecule has 0 spiro atoms. The van der Waals surface area contributed by atoms with Gasteiger partial charge in [0.25, 0.3) is 0 Å². The Hall–Kier alpha value is -1.91. The summed E-state index contributed by atoms with van der Waals surface area (Å²) in [4.78, 5) is 2.08. The number of ether oxygens (including phenoxy) is 2. The fraction of sp³-hybridized carbons (Fsp3) is 0.389. The molecule has 1 aliphatic rings. The first-order valence-electron chi connectivity index (χ1n) is 7.60. The molecule has 0 aliphatic carbocycles. The predicted octanol–water partition coefficient (Wildman–Crippen LogP) is 2.41. The van der Waals surface area contributed by atoms with Gasteiger partial charge in [-0.3, -0.25) is 0 Å². The van der Waals surface area contributed by atoms with Crippen molar-refractivity contribution in [2.75, 3.05) is 32.2 Å². The van der Waals surface area contributed by atoms with Gasteiger partial charge in [0.2, 0.25) is 0 Å². The summed E-state index contributed by atoms with van der Waals surface area (Å²) in [6, 6.07) is 14.5. The Labute approximate surface area is 131 Å². The van der Waals surface area contributed by atoms with Crippen molar-refractivity contribution in [2.24, 2.45) is 7.05 Å². The molecular weight excluding hydrogens is 276 g/mol. The standard InChI is InChI=1S/C18H23N2O2/c1-19(2)16-9-7-14(8-10-16)18-21-12-15(13-22-18)17-6-4-5-11-20(17)3/h4-11,15,18H,12-13H2,1-3H3/q+1. The molecular formula is C18H23N2O2+. The Morgan fingerprint density at radius 1 is 1.00 bits per heavy atom. The van der Waals surface area contributed by atoms with E-state index in [9.17, 15) is 0 Å². The summed E-state index contributed by atoms with van der Waals surface area (Å²) in [5, 5.41) is 0. The minimum absolute atomic E-state index is 0.263. The molecule has 1 aromatic heterocycles. The van der Waals surface area contributed by atoms with Crippen LogP contribution in [0.3, 0.4) is 0 Å². The monoisotopic (exact) mass is 299 g/mol. The highest BCUT2D eigenvalue weighted by Crippen LogP contribution is 2.29. The normalized spacial score (nSPS) is 21.6. The molecule has 2 aromatic rings. The molecule has 0 saturated carbocycles. The fourth-order valence-corrected chi connectivity index (χ4v) is 2.76. The molecule has 2 heterocycles. The minimum Gasteiger partial charge on any atom is -0.378 e. The molecule has 0 atom stereocenters. The number of rotatable bonds is 3. The maximum absolute atomic E-state index is 5.94. The predicted molar refractivity (Wildman–Crippen MR) is 85.8 cm³/mol. The van der Waals surface area contributed by atoms with Crippen LogP contribution in [0.4, 0.5) is 5.69 Å². The van der Waals surface area contributed by atoms with Crippen molar-refractivity contribution in [1.29, 1.82) is 0 Å². The molecule has 1 aromatic carbocycles. The number of hydrogen-bond donors (Lipinski definition) is 0. The third-order valence-corrected chi connectivity index (χ3v) is 4.09. The van der Waals surface area contributed by atoms with Crippen LogP contribution < -0.4 is 9.47 Å². The van der Waals surface area contributed by atoms with Gasteiger partial charge in [0.15, 0.2) is 18.2 Å². The third-order valence-electron chi connectivity index (χ3n) is 4.09. The van der Waals surface area contributed by atoms with Gasteiger partial charge in [-0.15, -0.1) is 0 Å². The van der Waals surface area contributed by atoms with E-state index in [1.54, 1.807) is 0 Å². The highest BCUT2D eigenvalue weighted by molar-refractivity contribution is 5.46. The molecule has 0 radical (unpaired) electrons. The molecule has 22 heavy (non-hydrogen) atoms. The highest BCUT2D eigenvalue weighted by Gasteiger charge is 2.29. The highest BCUT2D eigenvalue weighted by atomic mass is 16.7. The zero-order valence-corrected chi connectivity index (χ0v) is 13.4. The Morgan fingerprint density at radius 3 is 2.27 bits per heavy atom. The van der Waals surface area contributed by atoms with Crippen molar-refractivity contribution in [3.8, 4) is 0 Å². The van der Waals surface area contributed by atoms with Crippen LogP contribution in [-0.4, -0.2) is 27.3 Å². The lowest BCUT2D eigenvalue weighted by atomic mass is 10.1. The molecule has 1 aliphatic heterocycles. The van der Waals surface area contributed by atoms with Crippen LogP contribution in [-0.2, 0) is 16.5 Å². The topological polar surface area (TPSA) is 25.6 Å². The van der Waals surface area contributed by atoms with E-state index in [1.165, 1.54) is 11.4 Å². The van der Waals surface area contributed by atoms with Gasteiger partial charge < -0.3 is 14.4 Å². The van der Waals surface area contributed by atoms with Gasteiger partial charge in [0.05, 0.1) is 19.1 Å². The van der Waals surface area contributed by atoms with Gasteiger partial charge in [0, 0.05) is 37.5 Å². The summed E-state index contributed by atoms with van der Waals surface area (Å²) in [5.74, 6) is 0.281. The lowest BCUT2D eigenvalue weighted by Crippen LogP contribution is -2.38. The smallest absolute Gasteiger partial charge is 0.188 e. The third kappa shape index (κ3) is 3.13. The lowest BCUT2D eigenvalue weighted by Gasteiger charge is -2.28. The van der Waals surface area contributed by atoms with Crippen LogP contribution in [0.15, 0.2) is 48.7 Å². The average Bonchev–Trinajstić information content (AvgIpc) is 2.56. The van der Waals surface area contributed by atoms with Crippen molar-refractivity contribution in [1.82, 2.24) is 0 Å². The summed E-state index contributed by atoms with van der Waals surface area (Å²) < 4.78 is 14.0. The van der Waals surface area contributed by atoms with E-state index in [4.69, 9.17) is 9.47 Å². The molecule has 1 fully saturated rings. The van der Waals surface area contributed by atoms with Crippen LogP contribution in [0.5, 0.6) is 0 Å². The first-order valence-corrected chi connectivity index (χ1v) is 7.60. The second-order valence-electron chi connectivity index (χ2n) is 5.92. The second kappa shape index (κ2) is 6.46. The van der Waals surface area contributed by atoms with Crippen molar-refractivity contribution < 1.29 is 14.0 Å². The molecule has 1 saturated heterocycles. The van der Waals surface area contributed by atoms with E-state index in [1.807, 2.05) is 20.2 Å². The van der Waals surface area contributed by atoms with E-state index < -0.39 is 0 Å². The number of benzene rings is 1. The number of hydrogen-bond acceptors (Lipinski definition) is 3. The largest absolute Gasteiger partial charge is 0.378 e. The lowest BCUT2D eigenvalue weighted by molar-refractivity contribution is -0.681. The first kappa shape index (κ1) is 15.0. The van der Waals surface area contributed by atoms with Crippen molar-refractivity contribution in [3.05, 3.63) is 59.9 Å². The molecule has 0 bridgehead atoms. The van der Waals surface area contributed by atoms with E-state index >= 15 is 0 Å². The van der Waals surface area contributed by atoms with Gasteiger partial charge in [-0.05, 0) is 12.1 Å². The SMILES string of the molecule is CN(C)c1ccc(C2OCC(c3cccc[n+]3C)CO2)cc1. The fourth-order valence-electron chi connectivity index (χ4n) is 2.76. The summed E-state index contributed by atoms with van der Waals surface area (Å²) in [6.07, 6.45) is 1.79. The Bertz CT molecular complexity index is 617. The average molecular weight is 299 g/mol. The zero-order chi connectivity index (χ0) is 15.5. The number of anilines is 1. The first-order chi connectivity index (χ1) is 10.6. The Morgan fingerprint density at radius 2 is 1.68 bits per heavy atom. The molecule has 4 nitrogen and oxygen atoms in total. The Balaban J connectivity index is 1.65. The molecule has 0 unspecified atom stereocenters. The maximum Gasteiger partial charge on any atom is 0.188 e. The van der Waals surface area contributed by atoms with Gasteiger partial charge >= 0.3 is 0 Å². The number of aromatic nitrogens is 1. The zero-order valence-electron chi connectivity index (χ0n) is 13.4. The molecule has 4 heteroatoms. The van der Waals surface area contributed by atoms with Gasteiger partial charge in [0.1, 0.15) is 7.05 Å². The quantitative estimate of drug-likeness (QED) is 0.814. The second-order valence-corrected chi connectivity index (χ2v) is 5.92. The van der Waals surface area contributed by atoms with E-state index in [-0.39, 0.29) is 12.2 Å². The van der Waals surface area contributed by atoms with Gasteiger partial charge in [-0.2, -0.15) is 0 Å². The maximum atomic E-state index is 5.94. The summed E-state index contributed by atoms with van der Waals surface area (Å²) in [7, 11) is 6.13. The number of aryl methyl sites for hydroxylation is 1. The molecule has 116 valence electrons. The van der Waals surface area contributed by atoms with Crippen LogP contribution in [0.25, 0.3) is 0 Å². The number of pyridine rings is 1. The van der Waals surface area contributed by atoms with Crippen molar-refractivity contribution in [2.45, 2.75) is 12.2 Å². The van der Waals surface area contributed by atoms with Crippen LogP contribution in [0.2, 0.25) is 0 Å². The molecule has 0 N–H and O–H groups in total. The van der Waals surface area contributed by atoms with Crippen molar-refractivity contribution >= 4 is 5.69 Å². The van der Waals surface area contributed by atoms with Crippen LogP contribution in [0, 0.1) is 0 Å². The van der Waals surface area contributed by atoms with Crippen LogP contribution >= 0.6 is 0 Å². The van der Waals surface area contributed by atoms with Crippen LogP contribution in [0.1, 0.15) is 23.5 Å². The Kier molecular flexibility index (Phi) is 4.41. The molecule has 0 amide bonds. The van der Waals surface area contributed by atoms with Crippen molar-refractivity contribution in [3.63, 3.8) is 0 Å². The molecule has 3 rings (SSSR count). The van der Waals surface area contributed by atoms with E-state index in [0.29, 0.717) is 13.2 Å².